The summed E-state index contributed by atoms with van der Waals surface area (Å²) in [4.78, 5) is 5.46. The van der Waals surface area contributed by atoms with E-state index in [-0.39, 0.29) is 5.84 Å². The van der Waals surface area contributed by atoms with Gasteiger partial charge < -0.3 is 5.73 Å². The summed E-state index contributed by atoms with van der Waals surface area (Å²) in [5, 5.41) is 8.59. The Bertz CT molecular complexity index is 572. The highest BCUT2D eigenvalue weighted by molar-refractivity contribution is 7.17. The summed E-state index contributed by atoms with van der Waals surface area (Å²) >= 11 is 1.51. The Kier molecular flexibility index (Phi) is 3.77. The average molecular weight is 259 g/mol. The van der Waals surface area contributed by atoms with Crippen LogP contribution < -0.4 is 5.73 Å². The topological polar surface area (TPSA) is 62.8 Å². The molecule has 1 aromatic carbocycles. The van der Waals surface area contributed by atoms with Crippen molar-refractivity contribution < 1.29 is 0 Å². The molecule has 3 nitrogen and oxygen atoms in total. The number of amidine groups is 1. The molecule has 2 aromatic rings. The van der Waals surface area contributed by atoms with Gasteiger partial charge in [0.05, 0.1) is 10.6 Å². The normalized spacial score (nSPS) is 10.6. The molecule has 0 aliphatic carbocycles. The molecule has 0 aliphatic heterocycles. The van der Waals surface area contributed by atoms with Crippen LogP contribution in [-0.4, -0.2) is 10.8 Å². The number of hydrogen-bond donors (Lipinski definition) is 2. The number of thiazole rings is 1. The van der Waals surface area contributed by atoms with Crippen LogP contribution in [0.5, 0.6) is 0 Å². The number of hydrogen-bond acceptors (Lipinski definition) is 3. The molecule has 0 atom stereocenters. The number of nitrogens with zero attached hydrogens (tertiary/aromatic N) is 1. The van der Waals surface area contributed by atoms with Crippen LogP contribution in [0.2, 0.25) is 0 Å². The minimum atomic E-state index is 0.121. The molecule has 4 heteroatoms. The molecule has 0 spiro atoms. The van der Waals surface area contributed by atoms with E-state index in [0.29, 0.717) is 0 Å². The third kappa shape index (κ3) is 2.43. The third-order valence-corrected chi connectivity index (χ3v) is 3.97. The summed E-state index contributed by atoms with van der Waals surface area (Å²) in [6.07, 6.45) is 1.88. The first-order valence-electron chi connectivity index (χ1n) is 6.03. The Labute approximate surface area is 111 Å². The maximum absolute atomic E-state index is 7.63. The van der Waals surface area contributed by atoms with E-state index in [9.17, 15) is 0 Å². The van der Waals surface area contributed by atoms with Crippen molar-refractivity contribution in [3.63, 3.8) is 0 Å². The maximum Gasteiger partial charge on any atom is 0.135 e. The predicted molar refractivity (Wildman–Crippen MR) is 77.3 cm³/mol. The Hall–Kier alpha value is -1.68. The number of nitrogens with one attached hydrogen (secondary N) is 1. The summed E-state index contributed by atoms with van der Waals surface area (Å²) in [6, 6.07) is 8.17. The molecular formula is C14H17N3S. The lowest BCUT2D eigenvalue weighted by molar-refractivity contribution is 0.891. The SMILES string of the molecule is CCCc1nc(-c2ccccc2C)sc1C(=N)N. The van der Waals surface area contributed by atoms with Crippen LogP contribution in [0, 0.1) is 12.3 Å². The molecule has 0 saturated heterocycles. The minimum Gasteiger partial charge on any atom is -0.383 e. The molecule has 94 valence electrons. The Balaban J connectivity index is 2.50. The van der Waals surface area contributed by atoms with Gasteiger partial charge in [0.15, 0.2) is 0 Å². The average Bonchev–Trinajstić information content (AvgIpc) is 2.74. The van der Waals surface area contributed by atoms with E-state index in [2.05, 4.69) is 31.0 Å². The second-order valence-corrected chi connectivity index (χ2v) is 5.27. The first kappa shape index (κ1) is 12.8. The minimum absolute atomic E-state index is 0.121. The zero-order valence-electron chi connectivity index (χ0n) is 10.7. The van der Waals surface area contributed by atoms with Gasteiger partial charge in [0.2, 0.25) is 0 Å². The second-order valence-electron chi connectivity index (χ2n) is 4.27. The zero-order chi connectivity index (χ0) is 13.1. The van der Waals surface area contributed by atoms with Gasteiger partial charge in [-0.25, -0.2) is 4.98 Å². The van der Waals surface area contributed by atoms with Gasteiger partial charge in [-0.2, -0.15) is 0 Å². The molecule has 0 amide bonds. The van der Waals surface area contributed by atoms with Crippen molar-refractivity contribution in [3.05, 3.63) is 40.4 Å². The van der Waals surface area contributed by atoms with Crippen LogP contribution in [0.1, 0.15) is 29.5 Å². The van der Waals surface area contributed by atoms with Crippen molar-refractivity contribution in [2.45, 2.75) is 26.7 Å². The molecule has 1 heterocycles. The highest BCUT2D eigenvalue weighted by atomic mass is 32.1. The molecule has 3 N–H and O–H groups in total. The lowest BCUT2D eigenvalue weighted by atomic mass is 10.1. The van der Waals surface area contributed by atoms with Crippen molar-refractivity contribution in [2.75, 3.05) is 0 Å². The third-order valence-electron chi connectivity index (χ3n) is 2.80. The van der Waals surface area contributed by atoms with Crippen molar-refractivity contribution in [3.8, 4) is 10.6 Å². The number of aryl methyl sites for hydroxylation is 2. The molecule has 2 rings (SSSR count). The van der Waals surface area contributed by atoms with Crippen molar-refractivity contribution in [2.24, 2.45) is 5.73 Å². The molecule has 0 bridgehead atoms. The standard InChI is InChI=1S/C14H17N3S/c1-3-6-11-12(13(15)16)18-14(17-11)10-8-5-4-7-9(10)2/h4-5,7-8H,3,6H2,1-2H3,(H3,15,16). The van der Waals surface area contributed by atoms with Crippen LogP contribution in [0.3, 0.4) is 0 Å². The van der Waals surface area contributed by atoms with Gasteiger partial charge in [-0.1, -0.05) is 37.6 Å². The summed E-state index contributed by atoms with van der Waals surface area (Å²) < 4.78 is 0. The number of rotatable bonds is 4. The lowest BCUT2D eigenvalue weighted by Crippen LogP contribution is -2.11. The highest BCUT2D eigenvalue weighted by Gasteiger charge is 2.14. The van der Waals surface area contributed by atoms with Crippen LogP contribution >= 0.6 is 11.3 Å². The molecule has 0 saturated carbocycles. The van der Waals surface area contributed by atoms with E-state index in [4.69, 9.17) is 11.1 Å². The predicted octanol–water partition coefficient (Wildman–Crippen LogP) is 3.36. The van der Waals surface area contributed by atoms with E-state index >= 15 is 0 Å². The number of aromatic nitrogens is 1. The molecule has 0 aliphatic rings. The monoisotopic (exact) mass is 259 g/mol. The van der Waals surface area contributed by atoms with Gasteiger partial charge in [-0.3, -0.25) is 5.41 Å². The summed E-state index contributed by atoms with van der Waals surface area (Å²) in [6.45, 7) is 4.18. The van der Waals surface area contributed by atoms with Gasteiger partial charge in [0, 0.05) is 5.56 Å². The van der Waals surface area contributed by atoms with Gasteiger partial charge in [0.1, 0.15) is 10.8 Å². The van der Waals surface area contributed by atoms with E-state index in [0.717, 1.165) is 34.0 Å². The van der Waals surface area contributed by atoms with E-state index in [1.807, 2.05) is 12.1 Å². The smallest absolute Gasteiger partial charge is 0.135 e. The summed E-state index contributed by atoms with van der Waals surface area (Å²) in [5.74, 6) is 0.121. The number of nitrogen functional groups attached to an aromatic ring is 1. The summed E-state index contributed by atoms with van der Waals surface area (Å²) in [7, 11) is 0. The summed E-state index contributed by atoms with van der Waals surface area (Å²) in [5.41, 5.74) is 8.91. The lowest BCUT2D eigenvalue weighted by Gasteiger charge is -2.00. The molecular weight excluding hydrogens is 242 g/mol. The van der Waals surface area contributed by atoms with Crippen LogP contribution in [0.25, 0.3) is 10.6 Å². The first-order valence-corrected chi connectivity index (χ1v) is 6.85. The van der Waals surface area contributed by atoms with Crippen LogP contribution in [0.15, 0.2) is 24.3 Å². The molecule has 18 heavy (non-hydrogen) atoms. The molecule has 1 aromatic heterocycles. The second kappa shape index (κ2) is 5.31. The Morgan fingerprint density at radius 2 is 2.11 bits per heavy atom. The van der Waals surface area contributed by atoms with Gasteiger partial charge >= 0.3 is 0 Å². The van der Waals surface area contributed by atoms with Crippen LogP contribution in [-0.2, 0) is 6.42 Å². The molecule has 0 unspecified atom stereocenters. The fourth-order valence-corrected chi connectivity index (χ4v) is 2.96. The van der Waals surface area contributed by atoms with Crippen LogP contribution in [0.4, 0.5) is 0 Å². The molecule has 0 fully saturated rings. The quantitative estimate of drug-likeness (QED) is 0.653. The largest absolute Gasteiger partial charge is 0.383 e. The number of nitrogens with two attached hydrogens (primary N) is 1. The highest BCUT2D eigenvalue weighted by Crippen LogP contribution is 2.30. The van der Waals surface area contributed by atoms with Crippen molar-refractivity contribution >= 4 is 17.2 Å². The van der Waals surface area contributed by atoms with E-state index in [1.165, 1.54) is 16.9 Å². The first-order chi connectivity index (χ1) is 8.63. The maximum atomic E-state index is 7.63. The molecule has 0 radical (unpaired) electrons. The Morgan fingerprint density at radius 1 is 1.39 bits per heavy atom. The van der Waals surface area contributed by atoms with E-state index < -0.39 is 0 Å². The fourth-order valence-electron chi connectivity index (χ4n) is 1.90. The van der Waals surface area contributed by atoms with Gasteiger partial charge in [-0.05, 0) is 18.9 Å². The fraction of sp³-hybridized carbons (Fsp3) is 0.286. The van der Waals surface area contributed by atoms with Gasteiger partial charge in [0.25, 0.3) is 0 Å². The Morgan fingerprint density at radius 3 is 2.72 bits per heavy atom. The van der Waals surface area contributed by atoms with Crippen molar-refractivity contribution in [1.29, 1.82) is 5.41 Å². The number of benzene rings is 1. The van der Waals surface area contributed by atoms with E-state index in [1.54, 1.807) is 0 Å². The zero-order valence-corrected chi connectivity index (χ0v) is 11.5. The van der Waals surface area contributed by atoms with Crippen molar-refractivity contribution in [1.82, 2.24) is 4.98 Å². The van der Waals surface area contributed by atoms with Gasteiger partial charge in [-0.15, -0.1) is 11.3 Å².